The van der Waals surface area contributed by atoms with Gasteiger partial charge < -0.3 is 10.2 Å². The first-order valence-electron chi connectivity index (χ1n) is 6.09. The van der Waals surface area contributed by atoms with E-state index in [1.54, 1.807) is 23.2 Å². The highest BCUT2D eigenvalue weighted by atomic mass is 35.5. The van der Waals surface area contributed by atoms with E-state index in [0.717, 1.165) is 5.56 Å². The van der Waals surface area contributed by atoms with Crippen LogP contribution in [-0.4, -0.2) is 27.9 Å². The summed E-state index contributed by atoms with van der Waals surface area (Å²) >= 11 is 22.8. The highest BCUT2D eigenvalue weighted by Gasteiger charge is 2.31. The Morgan fingerprint density at radius 3 is 2.68 bits per heavy atom. The minimum Gasteiger partial charge on any atom is -0.364 e. The molecule has 0 aliphatic carbocycles. The Hall–Kier alpha value is -1.21. The molecule has 1 aliphatic heterocycles. The van der Waals surface area contributed by atoms with E-state index in [4.69, 9.17) is 46.4 Å². The van der Waals surface area contributed by atoms with Gasteiger partial charge in [-0.3, -0.25) is 10.1 Å². The molecule has 0 bridgehead atoms. The third kappa shape index (κ3) is 3.95. The quantitative estimate of drug-likeness (QED) is 0.489. The van der Waals surface area contributed by atoms with E-state index in [-0.39, 0.29) is 21.0 Å². The third-order valence-corrected chi connectivity index (χ3v) is 4.10. The SMILES string of the molecule is O=[N+]([O-])/C(C(Cl)=C(Cl)Cl)=C1\NCCN1Cc1ccc(Cl)nc1. The number of aromatic nitrogens is 1. The van der Waals surface area contributed by atoms with Crippen molar-refractivity contribution in [2.24, 2.45) is 0 Å². The lowest BCUT2D eigenvalue weighted by Gasteiger charge is -2.18. The number of rotatable bonds is 4. The molecule has 2 heterocycles. The summed E-state index contributed by atoms with van der Waals surface area (Å²) in [5, 5.41) is 14.3. The van der Waals surface area contributed by atoms with E-state index >= 15 is 0 Å². The molecular formula is C12H10Cl4N4O2. The van der Waals surface area contributed by atoms with Gasteiger partial charge in [0.15, 0.2) is 10.9 Å². The molecule has 118 valence electrons. The molecule has 0 amide bonds. The van der Waals surface area contributed by atoms with Gasteiger partial charge in [-0.15, -0.1) is 0 Å². The summed E-state index contributed by atoms with van der Waals surface area (Å²) in [6.07, 6.45) is 1.61. The molecule has 1 aromatic rings. The summed E-state index contributed by atoms with van der Waals surface area (Å²) in [6.45, 7) is 1.52. The largest absolute Gasteiger partial charge is 0.364 e. The monoisotopic (exact) mass is 382 g/mol. The van der Waals surface area contributed by atoms with Crippen LogP contribution in [-0.2, 0) is 6.54 Å². The maximum atomic E-state index is 11.3. The average molecular weight is 384 g/mol. The van der Waals surface area contributed by atoms with Crippen molar-refractivity contribution in [3.8, 4) is 0 Å². The molecule has 0 saturated carbocycles. The van der Waals surface area contributed by atoms with Crippen LogP contribution in [0.2, 0.25) is 5.15 Å². The van der Waals surface area contributed by atoms with E-state index in [9.17, 15) is 10.1 Å². The summed E-state index contributed by atoms with van der Waals surface area (Å²) in [4.78, 5) is 16.4. The Bertz CT molecular complexity index is 641. The summed E-state index contributed by atoms with van der Waals surface area (Å²) in [7, 11) is 0. The minimum absolute atomic E-state index is 0.267. The Morgan fingerprint density at radius 2 is 2.14 bits per heavy atom. The minimum atomic E-state index is -0.617. The van der Waals surface area contributed by atoms with Gasteiger partial charge in [-0.05, 0) is 11.6 Å². The van der Waals surface area contributed by atoms with Gasteiger partial charge in [-0.1, -0.05) is 52.5 Å². The molecule has 10 heteroatoms. The lowest BCUT2D eigenvalue weighted by Crippen LogP contribution is -2.24. The van der Waals surface area contributed by atoms with Gasteiger partial charge in [0.25, 0.3) is 0 Å². The number of nitrogens with one attached hydrogen (secondary N) is 1. The molecule has 0 spiro atoms. The second kappa shape index (κ2) is 7.37. The van der Waals surface area contributed by atoms with Crippen LogP contribution in [0.15, 0.2) is 39.4 Å². The first-order chi connectivity index (χ1) is 10.4. The number of halogens is 4. The number of pyridine rings is 1. The first kappa shape index (κ1) is 17.1. The second-order valence-corrected chi connectivity index (χ2v) is 6.08. The fourth-order valence-electron chi connectivity index (χ4n) is 2.00. The van der Waals surface area contributed by atoms with Gasteiger partial charge in [-0.2, -0.15) is 0 Å². The van der Waals surface area contributed by atoms with Crippen molar-refractivity contribution in [2.45, 2.75) is 6.54 Å². The fourth-order valence-corrected chi connectivity index (χ4v) is 2.45. The molecule has 1 aromatic heterocycles. The van der Waals surface area contributed by atoms with Crippen LogP contribution in [0.4, 0.5) is 0 Å². The van der Waals surface area contributed by atoms with Crippen LogP contribution in [0, 0.1) is 10.1 Å². The summed E-state index contributed by atoms with van der Waals surface area (Å²) in [5.74, 6) is 0.267. The van der Waals surface area contributed by atoms with Crippen molar-refractivity contribution in [2.75, 3.05) is 13.1 Å². The number of nitrogens with zero attached hydrogens (tertiary/aromatic N) is 3. The highest BCUT2D eigenvalue weighted by molar-refractivity contribution is 6.59. The van der Waals surface area contributed by atoms with E-state index < -0.39 is 4.92 Å². The average Bonchev–Trinajstić information content (AvgIpc) is 2.89. The molecule has 6 nitrogen and oxygen atoms in total. The lowest BCUT2D eigenvalue weighted by molar-refractivity contribution is -0.422. The molecule has 1 aliphatic rings. The second-order valence-electron chi connectivity index (χ2n) is 4.37. The predicted octanol–water partition coefficient (Wildman–Crippen LogP) is 3.47. The molecule has 0 radical (unpaired) electrons. The van der Waals surface area contributed by atoms with E-state index in [0.29, 0.717) is 24.8 Å². The molecule has 1 N–H and O–H groups in total. The standard InChI is InChI=1S/C12H10Cl4N4O2/c13-8-2-1-7(5-18-8)6-19-4-3-17-12(19)10(20(21)22)9(14)11(15)16/h1-2,5,17H,3-4,6H2/b12-10+. The van der Waals surface area contributed by atoms with Crippen LogP contribution in [0.3, 0.4) is 0 Å². The van der Waals surface area contributed by atoms with Gasteiger partial charge in [0.05, 0.1) is 4.92 Å². The molecule has 1 saturated heterocycles. The Morgan fingerprint density at radius 1 is 1.41 bits per heavy atom. The van der Waals surface area contributed by atoms with Crippen LogP contribution in [0.5, 0.6) is 0 Å². The Balaban J connectivity index is 2.35. The zero-order valence-corrected chi connectivity index (χ0v) is 14.0. The molecule has 0 aromatic carbocycles. The van der Waals surface area contributed by atoms with Gasteiger partial charge in [0, 0.05) is 25.8 Å². The van der Waals surface area contributed by atoms with Crippen molar-refractivity contribution in [3.63, 3.8) is 0 Å². The first-order valence-corrected chi connectivity index (χ1v) is 7.60. The number of hydrogen-bond acceptors (Lipinski definition) is 5. The third-order valence-electron chi connectivity index (χ3n) is 2.93. The molecule has 1 fully saturated rings. The van der Waals surface area contributed by atoms with Crippen LogP contribution in [0.25, 0.3) is 0 Å². The Kier molecular flexibility index (Phi) is 5.74. The molecule has 2 rings (SSSR count). The summed E-state index contributed by atoms with van der Waals surface area (Å²) in [5.41, 5.74) is 0.492. The van der Waals surface area contributed by atoms with Crippen molar-refractivity contribution in [3.05, 3.63) is 60.2 Å². The highest BCUT2D eigenvalue weighted by Crippen LogP contribution is 2.29. The number of allylic oxidation sites excluding steroid dienone is 1. The van der Waals surface area contributed by atoms with E-state index in [1.165, 1.54) is 0 Å². The van der Waals surface area contributed by atoms with Crippen LogP contribution >= 0.6 is 46.4 Å². The molecule has 22 heavy (non-hydrogen) atoms. The van der Waals surface area contributed by atoms with E-state index in [2.05, 4.69) is 10.3 Å². The molecular weight excluding hydrogens is 374 g/mol. The summed E-state index contributed by atoms with van der Waals surface area (Å²) < 4.78 is -0.359. The number of hydrogen-bond donors (Lipinski definition) is 1. The molecule has 0 atom stereocenters. The van der Waals surface area contributed by atoms with Gasteiger partial charge in [0.2, 0.25) is 0 Å². The number of nitro groups is 1. The van der Waals surface area contributed by atoms with Gasteiger partial charge in [0.1, 0.15) is 9.64 Å². The zero-order valence-electron chi connectivity index (χ0n) is 11.0. The van der Waals surface area contributed by atoms with Crippen LogP contribution in [0.1, 0.15) is 5.56 Å². The fraction of sp³-hybridized carbons (Fsp3) is 0.250. The van der Waals surface area contributed by atoms with Crippen molar-refractivity contribution < 1.29 is 4.92 Å². The zero-order chi connectivity index (χ0) is 16.3. The molecule has 0 unspecified atom stereocenters. The maximum absolute atomic E-state index is 11.3. The van der Waals surface area contributed by atoms with Crippen molar-refractivity contribution >= 4 is 46.4 Å². The normalized spacial score (nSPS) is 16.3. The predicted molar refractivity (Wildman–Crippen MR) is 86.3 cm³/mol. The van der Waals surface area contributed by atoms with Gasteiger partial charge in [-0.25, -0.2) is 4.98 Å². The van der Waals surface area contributed by atoms with Gasteiger partial charge >= 0.3 is 5.70 Å². The Labute approximate surface area is 146 Å². The van der Waals surface area contributed by atoms with E-state index in [1.807, 2.05) is 0 Å². The summed E-state index contributed by atoms with van der Waals surface area (Å²) in [6, 6.07) is 3.45. The smallest absolute Gasteiger partial charge is 0.330 e. The van der Waals surface area contributed by atoms with Crippen molar-refractivity contribution in [1.82, 2.24) is 15.2 Å². The van der Waals surface area contributed by atoms with Crippen LogP contribution < -0.4 is 5.32 Å². The van der Waals surface area contributed by atoms with Crippen molar-refractivity contribution in [1.29, 1.82) is 0 Å². The maximum Gasteiger partial charge on any atom is 0.330 e. The lowest BCUT2D eigenvalue weighted by atomic mass is 10.2. The topological polar surface area (TPSA) is 71.3 Å².